The van der Waals surface area contributed by atoms with Gasteiger partial charge in [-0.15, -0.1) is 0 Å². The molecule has 0 heterocycles. The van der Waals surface area contributed by atoms with Crippen LogP contribution < -0.4 is 15.4 Å². The molecule has 2 amide bonds. The van der Waals surface area contributed by atoms with Gasteiger partial charge in [-0.1, -0.05) is 17.7 Å². The molecule has 3 N–H and O–H groups in total. The van der Waals surface area contributed by atoms with Crippen molar-refractivity contribution in [3.05, 3.63) is 94.6 Å². The van der Waals surface area contributed by atoms with Gasteiger partial charge in [-0.2, -0.15) is 26.3 Å². The number of carbonyl (C=O) groups excluding carboxylic acids is 2. The van der Waals surface area contributed by atoms with Crippen LogP contribution >= 0.6 is 0 Å². The van der Waals surface area contributed by atoms with Crippen molar-refractivity contribution in [2.24, 2.45) is 17.8 Å². The van der Waals surface area contributed by atoms with Gasteiger partial charge in [0.15, 0.2) is 0 Å². The molecule has 2 saturated carbocycles. The topological polar surface area (TPSA) is 105 Å². The molecule has 0 radical (unpaired) electrons. The number of carbonyl (C=O) groups is 3. The minimum atomic E-state index is -5.09. The second-order valence-corrected chi connectivity index (χ2v) is 11.1. The smallest absolute Gasteiger partial charge is 0.419 e. The first-order valence-corrected chi connectivity index (χ1v) is 14.0. The minimum absolute atomic E-state index is 0.0185. The first-order valence-electron chi connectivity index (χ1n) is 14.0. The molecular weight excluding hydrogens is 644 g/mol. The zero-order chi connectivity index (χ0) is 34.4. The van der Waals surface area contributed by atoms with E-state index in [1.54, 1.807) is 0 Å². The van der Waals surface area contributed by atoms with E-state index in [-0.39, 0.29) is 52.5 Å². The predicted molar refractivity (Wildman–Crippen MR) is 150 cm³/mol. The summed E-state index contributed by atoms with van der Waals surface area (Å²) in [7, 11) is 1.23. The molecule has 2 aliphatic carbocycles. The van der Waals surface area contributed by atoms with Crippen LogP contribution in [0.2, 0.25) is 0 Å². The van der Waals surface area contributed by atoms with Gasteiger partial charge in [0.2, 0.25) is 5.91 Å². The van der Waals surface area contributed by atoms with Gasteiger partial charge in [-0.3, -0.25) is 9.59 Å². The molecule has 248 valence electrons. The average Bonchev–Trinajstić information content (AvgIpc) is 3.49. The molecule has 4 atom stereocenters. The van der Waals surface area contributed by atoms with Crippen LogP contribution in [0.25, 0.3) is 11.1 Å². The number of methoxy groups -OCH3 is 1. The first kappa shape index (κ1) is 33.4. The normalized spacial score (nSPS) is 21.5. The van der Waals surface area contributed by atoms with E-state index in [1.807, 2.05) is 0 Å². The number of carboxylic acid groups (broad SMARTS) is 1. The van der Waals surface area contributed by atoms with Crippen molar-refractivity contribution in [1.82, 2.24) is 5.32 Å². The lowest BCUT2D eigenvalue weighted by atomic mass is 9.83. The number of hydrogen-bond acceptors (Lipinski definition) is 4. The molecule has 3 aromatic carbocycles. The molecule has 7 nitrogen and oxygen atoms in total. The maximum absolute atomic E-state index is 14.8. The lowest BCUT2D eigenvalue weighted by Crippen LogP contribution is -2.48. The zero-order valence-corrected chi connectivity index (χ0v) is 24.1. The van der Waals surface area contributed by atoms with E-state index < -0.39 is 76.8 Å². The van der Waals surface area contributed by atoms with Crippen molar-refractivity contribution in [2.75, 3.05) is 12.4 Å². The van der Waals surface area contributed by atoms with Crippen molar-refractivity contribution in [2.45, 2.75) is 31.2 Å². The Kier molecular flexibility index (Phi) is 8.77. The number of rotatable bonds is 7. The molecular formula is C32H24F8N2O5. The Morgan fingerprint density at radius 2 is 1.60 bits per heavy atom. The Labute approximate surface area is 261 Å². The van der Waals surface area contributed by atoms with Crippen molar-refractivity contribution in [3.63, 3.8) is 0 Å². The number of alkyl halides is 6. The number of benzene rings is 3. The number of allylic oxidation sites excluding steroid dienone is 1. The molecule has 0 spiro atoms. The van der Waals surface area contributed by atoms with Gasteiger partial charge >= 0.3 is 18.3 Å². The molecule has 2 bridgehead atoms. The van der Waals surface area contributed by atoms with Crippen LogP contribution in [-0.4, -0.2) is 42.2 Å². The van der Waals surface area contributed by atoms with E-state index >= 15 is 0 Å². The number of nitrogens with one attached hydrogen (secondary N) is 2. The molecule has 2 aliphatic rings. The van der Waals surface area contributed by atoms with Gasteiger partial charge in [0.25, 0.3) is 5.91 Å². The molecule has 3 aromatic rings. The summed E-state index contributed by atoms with van der Waals surface area (Å²) >= 11 is 0. The minimum Gasteiger partial charge on any atom is -0.496 e. The van der Waals surface area contributed by atoms with Crippen molar-refractivity contribution < 1.29 is 59.4 Å². The Bertz CT molecular complexity index is 1790. The van der Waals surface area contributed by atoms with Crippen LogP contribution in [-0.2, 0) is 11.0 Å². The van der Waals surface area contributed by atoms with Gasteiger partial charge < -0.3 is 20.5 Å². The number of carboxylic acids is 1. The number of anilines is 1. The maximum Gasteiger partial charge on any atom is 0.419 e. The molecule has 0 saturated heterocycles. The summed E-state index contributed by atoms with van der Waals surface area (Å²) in [5, 5.41) is 14.0. The highest BCUT2D eigenvalue weighted by atomic mass is 19.4. The van der Waals surface area contributed by atoms with Gasteiger partial charge in [0.1, 0.15) is 17.4 Å². The molecule has 2 fully saturated rings. The Morgan fingerprint density at radius 1 is 0.894 bits per heavy atom. The van der Waals surface area contributed by atoms with Gasteiger partial charge in [0, 0.05) is 29.3 Å². The predicted octanol–water partition coefficient (Wildman–Crippen LogP) is 7.24. The van der Waals surface area contributed by atoms with E-state index in [4.69, 9.17) is 9.84 Å². The van der Waals surface area contributed by atoms with Crippen molar-refractivity contribution in [1.29, 1.82) is 0 Å². The van der Waals surface area contributed by atoms with Crippen LogP contribution in [0.4, 0.5) is 40.8 Å². The molecule has 0 aliphatic heterocycles. The summed E-state index contributed by atoms with van der Waals surface area (Å²) in [6.07, 6.45) is -9.52. The second-order valence-electron chi connectivity index (χ2n) is 11.1. The monoisotopic (exact) mass is 668 g/mol. The fourth-order valence-electron chi connectivity index (χ4n) is 6.39. The zero-order valence-electron chi connectivity index (χ0n) is 24.1. The highest BCUT2D eigenvalue weighted by Gasteiger charge is 2.55. The van der Waals surface area contributed by atoms with Crippen LogP contribution in [0.1, 0.15) is 39.1 Å². The largest absolute Gasteiger partial charge is 0.496 e. The third-order valence-corrected chi connectivity index (χ3v) is 8.34. The maximum atomic E-state index is 14.8. The first-order chi connectivity index (χ1) is 22.0. The number of aromatic carboxylic acids is 1. The molecule has 5 rings (SSSR count). The van der Waals surface area contributed by atoms with Crippen LogP contribution in [0.15, 0.2) is 66.2 Å². The molecule has 15 heteroatoms. The van der Waals surface area contributed by atoms with E-state index in [9.17, 15) is 49.5 Å². The summed E-state index contributed by atoms with van der Waals surface area (Å²) in [6, 6.07) is 7.52. The fourth-order valence-corrected chi connectivity index (χ4v) is 6.39. The number of ether oxygens (including phenoxy) is 1. The lowest BCUT2D eigenvalue weighted by molar-refractivity contribution is -0.140. The second kappa shape index (κ2) is 12.3. The summed E-state index contributed by atoms with van der Waals surface area (Å²) in [5.74, 6) is -9.14. The number of fused-ring (bicyclic) bond motifs is 2. The fraction of sp³-hybridized carbons (Fsp3) is 0.281. The van der Waals surface area contributed by atoms with E-state index in [0.717, 1.165) is 18.2 Å². The highest BCUT2D eigenvalue weighted by Crippen LogP contribution is 2.54. The number of hydrogen-bond donors (Lipinski definition) is 3. The van der Waals surface area contributed by atoms with Crippen molar-refractivity contribution >= 4 is 23.5 Å². The van der Waals surface area contributed by atoms with Gasteiger partial charge in [0.05, 0.1) is 29.7 Å². The van der Waals surface area contributed by atoms with Gasteiger partial charge in [-0.05, 0) is 66.8 Å². The number of halogens is 8. The van der Waals surface area contributed by atoms with Crippen molar-refractivity contribution in [3.8, 4) is 16.9 Å². The summed E-state index contributed by atoms with van der Waals surface area (Å²) < 4.78 is 114. The quantitative estimate of drug-likeness (QED) is 0.182. The van der Waals surface area contributed by atoms with Gasteiger partial charge in [-0.25, -0.2) is 13.6 Å². The molecule has 3 unspecified atom stereocenters. The van der Waals surface area contributed by atoms with Crippen LogP contribution in [0, 0.1) is 29.4 Å². The molecule has 0 aromatic heterocycles. The van der Waals surface area contributed by atoms with E-state index in [2.05, 4.69) is 10.6 Å². The van der Waals surface area contributed by atoms with Crippen LogP contribution in [0.5, 0.6) is 5.75 Å². The third kappa shape index (κ3) is 6.79. The number of amides is 2. The Morgan fingerprint density at radius 3 is 2.21 bits per heavy atom. The summed E-state index contributed by atoms with van der Waals surface area (Å²) in [6.45, 7) is 0. The standard InChI is InChI=1S/C32H24F8N2O5/c1-47-25-9-3-14(17-5-2-15(30(45)46)11-24(17)34)10-20(25)28(43)42-27-19-7-6-18(21(19)13-31(35,36)37)26(27)29(44)41-16-4-8-23(33)22(12-16)32(38,39)40/h2-5,8-13,18-19,26-27H,6-7H2,1H3,(H,41,44)(H,42,43)(H,45,46)/b21-13-/t18?,19?,26-,27?/m0/s1. The molecule has 47 heavy (non-hydrogen) atoms. The Hall–Kier alpha value is -4.95. The van der Waals surface area contributed by atoms with Crippen LogP contribution in [0.3, 0.4) is 0 Å². The van der Waals surface area contributed by atoms with E-state index in [0.29, 0.717) is 12.1 Å². The van der Waals surface area contributed by atoms with E-state index in [1.165, 1.54) is 31.4 Å². The summed E-state index contributed by atoms with van der Waals surface area (Å²) in [5.41, 5.74) is -2.73. The summed E-state index contributed by atoms with van der Waals surface area (Å²) in [4.78, 5) is 38.4. The SMILES string of the molecule is COc1ccc(-c2ccc(C(=O)O)cc2F)cc1C(=O)NC1C2CCC(/C2=C/C(F)(F)F)[C@@H]1C(=O)Nc1ccc(F)c(C(F)(F)F)c1. The third-order valence-electron chi connectivity index (χ3n) is 8.34. The Balaban J connectivity index is 1.49. The average molecular weight is 669 g/mol. The lowest BCUT2D eigenvalue weighted by Gasteiger charge is -2.30. The highest BCUT2D eigenvalue weighted by molar-refractivity contribution is 6.00.